The second kappa shape index (κ2) is 27.0. The number of carbonyl (C=O) groups is 8. The number of amides is 7. The predicted octanol–water partition coefficient (Wildman–Crippen LogP) is -4.17. The predicted molar refractivity (Wildman–Crippen MR) is 231 cm³/mol. The van der Waals surface area contributed by atoms with Crippen LogP contribution in [0.15, 0.2) is 65.7 Å². The molecule has 7 unspecified atom stereocenters. The summed E-state index contributed by atoms with van der Waals surface area (Å²) in [5.74, 6) is -7.50. The number of nitrogens with two attached hydrogens (primary N) is 3. The van der Waals surface area contributed by atoms with Crippen molar-refractivity contribution in [2.45, 2.75) is 74.9 Å². The molecule has 2 rings (SSSR count). The number of nitrogens with one attached hydrogen (secondary N) is 7. The third-order valence-corrected chi connectivity index (χ3v) is 9.51. The lowest BCUT2D eigenvalue weighted by Gasteiger charge is -2.26. The average Bonchev–Trinajstić information content (AvgIpc) is 3.24. The number of rotatable bonds is 26. The van der Waals surface area contributed by atoms with E-state index in [1.807, 2.05) is 0 Å². The van der Waals surface area contributed by atoms with Crippen molar-refractivity contribution in [3.8, 4) is 0 Å². The smallest absolute Gasteiger partial charge is 0.327 e. The van der Waals surface area contributed by atoms with Crippen LogP contribution >= 0.6 is 25.3 Å². The molecule has 15 N–H and O–H groups in total. The molecule has 2 aromatic rings. The number of aliphatic carboxylic acids is 1. The number of aliphatic hydroxyl groups excluding tert-OH is 1. The van der Waals surface area contributed by atoms with Crippen LogP contribution in [0.5, 0.6) is 0 Å². The zero-order valence-corrected chi connectivity index (χ0v) is 35.2. The van der Waals surface area contributed by atoms with Gasteiger partial charge in [0.25, 0.3) is 0 Å². The summed E-state index contributed by atoms with van der Waals surface area (Å²) < 4.78 is 0. The molecule has 0 bridgehead atoms. The van der Waals surface area contributed by atoms with E-state index in [0.717, 1.165) is 0 Å². The van der Waals surface area contributed by atoms with Crippen LogP contribution in [-0.4, -0.2) is 137 Å². The largest absolute Gasteiger partial charge is 0.480 e. The molecule has 0 radical (unpaired) electrons. The van der Waals surface area contributed by atoms with Gasteiger partial charge in [-0.3, -0.25) is 38.6 Å². The third kappa shape index (κ3) is 18.9. The van der Waals surface area contributed by atoms with Crippen LogP contribution in [0.2, 0.25) is 0 Å². The van der Waals surface area contributed by atoms with Crippen molar-refractivity contribution < 1.29 is 48.6 Å². The minimum Gasteiger partial charge on any atom is -0.480 e. The van der Waals surface area contributed by atoms with Crippen molar-refractivity contribution in [3.63, 3.8) is 0 Å². The van der Waals surface area contributed by atoms with Crippen LogP contribution in [0.1, 0.15) is 30.9 Å². The minimum absolute atomic E-state index is 0.00837. The number of hydrogen-bond donors (Lipinski definition) is 14. The van der Waals surface area contributed by atoms with Crippen LogP contribution in [0.25, 0.3) is 0 Å². The molecule has 0 heterocycles. The van der Waals surface area contributed by atoms with Gasteiger partial charge in [0, 0.05) is 30.9 Å². The zero-order valence-electron chi connectivity index (χ0n) is 33.4. The molecule has 0 aromatic heterocycles. The number of guanidine groups is 1. The first-order valence-corrected chi connectivity index (χ1v) is 20.3. The number of carboxylic acid groups (broad SMARTS) is 1. The van der Waals surface area contributed by atoms with Gasteiger partial charge < -0.3 is 64.6 Å². The SMILES string of the molecule is CC(NC(=O)C(CO)NC(=O)CNC(=O)C(Cc1ccccc1)NC(=O)C(Cc1ccccc1)NC(=O)C(CCCN=C(N)N)NC(=O)C(N)CS)C(=O)NC(CS)C(=O)O. The van der Waals surface area contributed by atoms with Crippen LogP contribution < -0.4 is 54.4 Å². The zero-order chi connectivity index (χ0) is 45.5. The van der Waals surface area contributed by atoms with Gasteiger partial charge in [-0.15, -0.1) is 0 Å². The molecular formula is C38H55N11O10S2. The lowest BCUT2D eigenvalue weighted by molar-refractivity contribution is -0.141. The van der Waals surface area contributed by atoms with Crippen LogP contribution in [0.4, 0.5) is 0 Å². The second-order valence-corrected chi connectivity index (χ2v) is 14.4. The Balaban J connectivity index is 2.26. The molecule has 0 spiro atoms. The van der Waals surface area contributed by atoms with Crippen molar-refractivity contribution in [2.75, 3.05) is 31.2 Å². The molecule has 2 aromatic carbocycles. The quantitative estimate of drug-likeness (QED) is 0.0185. The lowest BCUT2D eigenvalue weighted by Crippen LogP contribution is -2.59. The topological polar surface area (TPSA) is 352 Å². The summed E-state index contributed by atoms with van der Waals surface area (Å²) in [7, 11) is 0. The van der Waals surface area contributed by atoms with E-state index in [2.05, 4.69) is 67.5 Å². The van der Waals surface area contributed by atoms with Crippen LogP contribution in [0.3, 0.4) is 0 Å². The first-order valence-electron chi connectivity index (χ1n) is 19.0. The Morgan fingerprint density at radius 3 is 1.62 bits per heavy atom. The summed E-state index contributed by atoms with van der Waals surface area (Å²) in [6.07, 6.45) is 0.228. The van der Waals surface area contributed by atoms with Gasteiger partial charge in [-0.1, -0.05) is 60.7 Å². The number of benzene rings is 2. The molecule has 7 amide bonds. The molecule has 61 heavy (non-hydrogen) atoms. The molecule has 21 nitrogen and oxygen atoms in total. The lowest BCUT2D eigenvalue weighted by atomic mass is 10.0. The molecule has 23 heteroatoms. The number of hydrogen-bond acceptors (Lipinski definition) is 13. The minimum atomic E-state index is -1.57. The fraction of sp³-hybridized carbons (Fsp3) is 0.447. The van der Waals surface area contributed by atoms with E-state index in [0.29, 0.717) is 11.1 Å². The molecule has 0 saturated carbocycles. The Morgan fingerprint density at radius 2 is 1.13 bits per heavy atom. The van der Waals surface area contributed by atoms with Gasteiger partial charge in [-0.05, 0) is 30.9 Å². The van der Waals surface area contributed by atoms with Gasteiger partial charge in [-0.2, -0.15) is 25.3 Å². The van der Waals surface area contributed by atoms with E-state index < -0.39 is 103 Å². The fourth-order valence-corrected chi connectivity index (χ4v) is 5.80. The Morgan fingerprint density at radius 1 is 0.639 bits per heavy atom. The highest BCUT2D eigenvalue weighted by atomic mass is 32.1. The molecule has 0 fully saturated rings. The molecular weight excluding hydrogens is 835 g/mol. The van der Waals surface area contributed by atoms with E-state index >= 15 is 0 Å². The van der Waals surface area contributed by atoms with Gasteiger partial charge in [0.2, 0.25) is 41.4 Å². The first kappa shape index (κ1) is 51.2. The standard InChI is InChI=1S/C38H55N11O10S2/c1-21(31(52)49-29(20-61)37(58)59)44-36(57)28(18-50)45-30(51)17-43-33(54)26(15-22-9-4-2-5-10-22)47-35(56)27(16-23-11-6-3-7-12-23)48-34(55)25(13-8-14-42-38(40)41)46-32(53)24(39)19-60/h2-7,9-12,21,24-29,50,60-61H,8,13-20,39H2,1H3,(H,43,54)(H,44,57)(H,45,51)(H,46,53)(H,47,56)(H,48,55)(H,49,52)(H,58,59)(H4,40,41,42). The molecule has 0 aliphatic rings. The van der Waals surface area contributed by atoms with E-state index in [-0.39, 0.29) is 49.7 Å². The number of aliphatic hydroxyl groups is 1. The monoisotopic (exact) mass is 889 g/mol. The van der Waals surface area contributed by atoms with Crippen LogP contribution in [0, 0.1) is 0 Å². The fourth-order valence-electron chi connectivity index (χ4n) is 5.39. The molecule has 0 saturated heterocycles. The van der Waals surface area contributed by atoms with Crippen LogP contribution in [-0.2, 0) is 51.2 Å². The summed E-state index contributed by atoms with van der Waals surface area (Å²) in [5.41, 5.74) is 17.9. The van der Waals surface area contributed by atoms with Crippen molar-refractivity contribution in [1.82, 2.24) is 37.2 Å². The molecule has 7 atom stereocenters. The molecule has 334 valence electrons. The summed E-state index contributed by atoms with van der Waals surface area (Å²) >= 11 is 7.92. The molecule has 0 aliphatic heterocycles. The summed E-state index contributed by atoms with van der Waals surface area (Å²) in [4.78, 5) is 107. The Labute approximate surface area is 363 Å². The van der Waals surface area contributed by atoms with E-state index in [9.17, 15) is 43.5 Å². The first-order chi connectivity index (χ1) is 29.0. The highest BCUT2D eigenvalue weighted by Crippen LogP contribution is 2.09. The van der Waals surface area contributed by atoms with Gasteiger partial charge >= 0.3 is 5.97 Å². The Bertz CT molecular complexity index is 1820. The highest BCUT2D eigenvalue weighted by Gasteiger charge is 2.32. The molecule has 0 aliphatic carbocycles. The van der Waals surface area contributed by atoms with Gasteiger partial charge in [0.15, 0.2) is 5.96 Å². The van der Waals surface area contributed by atoms with E-state index in [4.69, 9.17) is 22.3 Å². The Kier molecular flexibility index (Phi) is 22.7. The summed E-state index contributed by atoms with van der Waals surface area (Å²) in [6.45, 7) is -0.227. The normalized spacial score (nSPS) is 14.2. The van der Waals surface area contributed by atoms with Gasteiger partial charge in [0.1, 0.15) is 36.3 Å². The summed E-state index contributed by atoms with van der Waals surface area (Å²) in [5, 5.41) is 36.0. The van der Waals surface area contributed by atoms with E-state index in [1.165, 1.54) is 6.92 Å². The maximum Gasteiger partial charge on any atom is 0.327 e. The third-order valence-electron chi connectivity index (χ3n) is 8.75. The van der Waals surface area contributed by atoms with Crippen molar-refractivity contribution in [2.24, 2.45) is 22.2 Å². The number of nitrogens with zero attached hydrogens (tertiary/aromatic N) is 1. The van der Waals surface area contributed by atoms with Gasteiger partial charge in [-0.25, -0.2) is 4.79 Å². The van der Waals surface area contributed by atoms with Crippen molar-refractivity contribution in [1.29, 1.82) is 0 Å². The summed E-state index contributed by atoms with van der Waals surface area (Å²) in [6, 6.07) is 8.30. The average molecular weight is 890 g/mol. The van der Waals surface area contributed by atoms with Crippen molar-refractivity contribution >= 4 is 78.5 Å². The second-order valence-electron chi connectivity index (χ2n) is 13.6. The maximum atomic E-state index is 14.1. The Hall–Kier alpha value is -5.91. The number of thiol groups is 2. The van der Waals surface area contributed by atoms with Crippen molar-refractivity contribution in [3.05, 3.63) is 71.8 Å². The number of aliphatic imine (C=N–C) groups is 1. The maximum absolute atomic E-state index is 14.1. The van der Waals surface area contributed by atoms with E-state index in [1.54, 1.807) is 60.7 Å². The number of carboxylic acids is 1. The van der Waals surface area contributed by atoms with Gasteiger partial charge in [0.05, 0.1) is 19.2 Å². The number of carbonyl (C=O) groups excluding carboxylic acids is 7. The highest BCUT2D eigenvalue weighted by molar-refractivity contribution is 7.80.